The Labute approximate surface area is 160 Å². The largest absolute Gasteiger partial charge is 0.507 e. The molecule has 28 heavy (non-hydrogen) atoms. The van der Waals surface area contributed by atoms with E-state index in [1.165, 1.54) is 18.2 Å². The van der Waals surface area contributed by atoms with E-state index in [-0.39, 0.29) is 29.9 Å². The molecule has 0 radical (unpaired) electrons. The summed E-state index contributed by atoms with van der Waals surface area (Å²) in [6.45, 7) is 1.62. The van der Waals surface area contributed by atoms with Gasteiger partial charge in [0.25, 0.3) is 11.7 Å². The maximum absolute atomic E-state index is 13.8. The Morgan fingerprint density at radius 3 is 2.39 bits per heavy atom. The lowest BCUT2D eigenvalue weighted by molar-refractivity contribution is -0.142. The molecule has 1 atom stereocenters. The fourth-order valence-corrected chi connectivity index (χ4v) is 3.22. The summed E-state index contributed by atoms with van der Waals surface area (Å²) in [4.78, 5) is 37.2. The summed E-state index contributed by atoms with van der Waals surface area (Å²) < 4.78 is 13.8. The van der Waals surface area contributed by atoms with Gasteiger partial charge < -0.3 is 15.1 Å². The van der Waals surface area contributed by atoms with Crippen molar-refractivity contribution in [1.82, 2.24) is 4.90 Å². The summed E-state index contributed by atoms with van der Waals surface area (Å²) in [7, 11) is 0. The van der Waals surface area contributed by atoms with Crippen molar-refractivity contribution in [1.29, 1.82) is 0 Å². The molecule has 7 heteroatoms. The van der Waals surface area contributed by atoms with Crippen LogP contribution in [-0.4, -0.2) is 39.3 Å². The molecule has 0 aromatic heterocycles. The van der Waals surface area contributed by atoms with Crippen LogP contribution in [0.2, 0.25) is 0 Å². The van der Waals surface area contributed by atoms with Gasteiger partial charge in [-0.1, -0.05) is 42.0 Å². The van der Waals surface area contributed by atoms with Crippen molar-refractivity contribution in [2.24, 2.45) is 0 Å². The van der Waals surface area contributed by atoms with Gasteiger partial charge in [-0.05, 0) is 24.6 Å². The van der Waals surface area contributed by atoms with Gasteiger partial charge in [0.2, 0.25) is 0 Å². The van der Waals surface area contributed by atoms with E-state index in [0.29, 0.717) is 5.56 Å². The Balaban J connectivity index is 2.16. The molecule has 6 nitrogen and oxygen atoms in total. The molecule has 1 amide bonds. The zero-order valence-corrected chi connectivity index (χ0v) is 15.1. The Morgan fingerprint density at radius 1 is 1.11 bits per heavy atom. The molecular weight excluding hydrogens is 365 g/mol. The smallest absolute Gasteiger partial charge is 0.305 e. The van der Waals surface area contributed by atoms with Crippen LogP contribution >= 0.6 is 0 Å². The number of benzene rings is 2. The molecule has 1 fully saturated rings. The number of aliphatic hydroxyl groups excluding tert-OH is 1. The maximum atomic E-state index is 13.8. The first-order valence-corrected chi connectivity index (χ1v) is 8.62. The lowest BCUT2D eigenvalue weighted by Crippen LogP contribution is -2.31. The van der Waals surface area contributed by atoms with Gasteiger partial charge in [-0.3, -0.25) is 14.4 Å². The summed E-state index contributed by atoms with van der Waals surface area (Å²) in [5, 5.41) is 19.7. The number of aliphatic carboxylic acids is 1. The molecule has 1 saturated heterocycles. The fraction of sp³-hybridized carbons (Fsp3) is 0.190. The average molecular weight is 383 g/mol. The standard InChI is InChI=1S/C21H18FNO5/c1-12-5-7-13(8-6-12)19(26)17-18(14-3-2-4-15(22)11-14)23(10-9-16(24)25)21(28)20(17)27/h2-8,11,18,26H,9-10H2,1H3,(H,24,25)/t18-/m0/s1. The number of nitrogens with zero attached hydrogens (tertiary/aromatic N) is 1. The quantitative estimate of drug-likeness (QED) is 0.470. The van der Waals surface area contributed by atoms with E-state index >= 15 is 0 Å². The Morgan fingerprint density at radius 2 is 1.79 bits per heavy atom. The summed E-state index contributed by atoms with van der Waals surface area (Å²) in [5.41, 5.74) is 1.37. The Kier molecular flexibility index (Phi) is 5.26. The molecule has 3 rings (SSSR count). The molecule has 0 bridgehead atoms. The molecule has 0 saturated carbocycles. The lowest BCUT2D eigenvalue weighted by Gasteiger charge is -2.24. The number of aliphatic hydroxyl groups is 1. The van der Waals surface area contributed by atoms with E-state index < -0.39 is 29.5 Å². The Bertz CT molecular complexity index is 981. The number of carbonyl (C=O) groups excluding carboxylic acids is 2. The van der Waals surface area contributed by atoms with Crippen molar-refractivity contribution in [2.45, 2.75) is 19.4 Å². The van der Waals surface area contributed by atoms with Crippen molar-refractivity contribution in [3.8, 4) is 0 Å². The van der Waals surface area contributed by atoms with Gasteiger partial charge in [0.1, 0.15) is 11.6 Å². The summed E-state index contributed by atoms with van der Waals surface area (Å²) in [6, 6.07) is 11.0. The van der Waals surface area contributed by atoms with Crippen LogP contribution in [0.5, 0.6) is 0 Å². The summed E-state index contributed by atoms with van der Waals surface area (Å²) in [6.07, 6.45) is -0.386. The second kappa shape index (κ2) is 7.64. The normalized spacial score (nSPS) is 18.5. The predicted molar refractivity (Wildman–Crippen MR) is 98.8 cm³/mol. The highest BCUT2D eigenvalue weighted by Crippen LogP contribution is 2.39. The minimum atomic E-state index is -1.14. The number of aryl methyl sites for hydroxylation is 1. The molecular formula is C21H18FNO5. The molecule has 1 heterocycles. The van der Waals surface area contributed by atoms with E-state index in [1.54, 1.807) is 24.3 Å². The summed E-state index contributed by atoms with van der Waals surface area (Å²) >= 11 is 0. The first-order valence-electron chi connectivity index (χ1n) is 8.62. The van der Waals surface area contributed by atoms with Crippen LogP contribution < -0.4 is 0 Å². The van der Waals surface area contributed by atoms with Crippen LogP contribution in [0.1, 0.15) is 29.2 Å². The molecule has 1 aliphatic rings. The van der Waals surface area contributed by atoms with Gasteiger partial charge in [-0.15, -0.1) is 0 Å². The number of carboxylic acid groups (broad SMARTS) is 1. The molecule has 2 aromatic carbocycles. The van der Waals surface area contributed by atoms with Gasteiger partial charge >= 0.3 is 5.97 Å². The maximum Gasteiger partial charge on any atom is 0.305 e. The number of hydrogen-bond donors (Lipinski definition) is 2. The van der Waals surface area contributed by atoms with E-state index in [1.807, 2.05) is 6.92 Å². The van der Waals surface area contributed by atoms with Gasteiger partial charge in [0.15, 0.2) is 0 Å². The number of rotatable bonds is 5. The predicted octanol–water partition coefficient (Wildman–Crippen LogP) is 3.03. The highest BCUT2D eigenvalue weighted by Gasteiger charge is 2.46. The van der Waals surface area contributed by atoms with E-state index in [0.717, 1.165) is 16.5 Å². The fourth-order valence-electron chi connectivity index (χ4n) is 3.22. The van der Waals surface area contributed by atoms with Crippen LogP contribution in [-0.2, 0) is 14.4 Å². The van der Waals surface area contributed by atoms with Crippen molar-refractivity contribution in [3.63, 3.8) is 0 Å². The number of ketones is 1. The molecule has 0 aliphatic carbocycles. The van der Waals surface area contributed by atoms with Crippen LogP contribution in [0.4, 0.5) is 4.39 Å². The van der Waals surface area contributed by atoms with Crippen molar-refractivity contribution >= 4 is 23.4 Å². The van der Waals surface area contributed by atoms with Crippen LogP contribution in [0.25, 0.3) is 5.76 Å². The topological polar surface area (TPSA) is 94.9 Å². The average Bonchev–Trinajstić information content (AvgIpc) is 2.91. The number of amides is 1. The molecule has 1 aliphatic heterocycles. The third kappa shape index (κ3) is 3.64. The van der Waals surface area contributed by atoms with Crippen molar-refractivity contribution in [2.75, 3.05) is 6.54 Å². The van der Waals surface area contributed by atoms with Crippen LogP contribution in [0, 0.1) is 12.7 Å². The van der Waals surface area contributed by atoms with E-state index in [2.05, 4.69) is 0 Å². The molecule has 2 N–H and O–H groups in total. The third-order valence-electron chi connectivity index (χ3n) is 4.60. The third-order valence-corrected chi connectivity index (χ3v) is 4.60. The molecule has 2 aromatic rings. The number of carboxylic acids is 1. The number of halogens is 1. The van der Waals surface area contributed by atoms with Gasteiger partial charge in [-0.2, -0.15) is 0 Å². The van der Waals surface area contributed by atoms with Crippen molar-refractivity contribution in [3.05, 3.63) is 76.6 Å². The second-order valence-electron chi connectivity index (χ2n) is 6.56. The summed E-state index contributed by atoms with van der Waals surface area (Å²) in [5.74, 6) is -3.96. The molecule has 144 valence electrons. The molecule has 0 spiro atoms. The highest BCUT2D eigenvalue weighted by atomic mass is 19.1. The van der Waals surface area contributed by atoms with E-state index in [9.17, 15) is 23.9 Å². The zero-order valence-electron chi connectivity index (χ0n) is 15.1. The van der Waals surface area contributed by atoms with E-state index in [4.69, 9.17) is 5.11 Å². The van der Waals surface area contributed by atoms with Gasteiger partial charge in [0.05, 0.1) is 18.0 Å². The number of carbonyl (C=O) groups is 3. The zero-order chi connectivity index (χ0) is 20.4. The lowest BCUT2D eigenvalue weighted by atomic mass is 9.95. The first-order chi connectivity index (χ1) is 13.3. The van der Waals surface area contributed by atoms with Crippen LogP contribution in [0.3, 0.4) is 0 Å². The second-order valence-corrected chi connectivity index (χ2v) is 6.56. The monoisotopic (exact) mass is 383 g/mol. The SMILES string of the molecule is Cc1ccc(C(O)=C2C(=O)C(=O)N(CCC(=O)O)[C@H]2c2cccc(F)c2)cc1. The first kappa shape index (κ1) is 19.3. The van der Waals surface area contributed by atoms with Gasteiger partial charge in [0, 0.05) is 12.1 Å². The number of likely N-dealkylation sites (tertiary alicyclic amines) is 1. The Hall–Kier alpha value is -3.48. The minimum absolute atomic E-state index is 0.190. The van der Waals surface area contributed by atoms with Gasteiger partial charge in [-0.25, -0.2) is 4.39 Å². The minimum Gasteiger partial charge on any atom is -0.507 e. The molecule has 0 unspecified atom stereocenters. The number of hydrogen-bond acceptors (Lipinski definition) is 4. The number of Topliss-reactive ketones (excluding diaryl/α,β-unsaturated/α-hetero) is 1. The van der Waals surface area contributed by atoms with Crippen LogP contribution in [0.15, 0.2) is 54.1 Å². The highest BCUT2D eigenvalue weighted by molar-refractivity contribution is 6.46. The van der Waals surface area contributed by atoms with Crippen molar-refractivity contribution < 1.29 is 29.0 Å².